The highest BCUT2D eigenvalue weighted by Crippen LogP contribution is 2.37. The molecule has 4 rings (SSSR count). The van der Waals surface area contributed by atoms with Crippen LogP contribution in [0, 0.1) is 13.8 Å². The van der Waals surface area contributed by atoms with Crippen LogP contribution >= 0.6 is 12.2 Å². The van der Waals surface area contributed by atoms with E-state index in [1.807, 2.05) is 31.2 Å². The number of allylic oxidation sites excluding steroid dienone is 1. The first-order valence-electron chi connectivity index (χ1n) is 11.3. The van der Waals surface area contributed by atoms with Gasteiger partial charge in [0, 0.05) is 31.0 Å². The van der Waals surface area contributed by atoms with E-state index < -0.39 is 0 Å². The summed E-state index contributed by atoms with van der Waals surface area (Å²) < 4.78 is 11.3. The molecule has 1 unspecified atom stereocenters. The van der Waals surface area contributed by atoms with Crippen LogP contribution in [-0.2, 0) is 4.74 Å². The zero-order chi connectivity index (χ0) is 23.4. The zero-order valence-electron chi connectivity index (χ0n) is 19.6. The van der Waals surface area contributed by atoms with Crippen LogP contribution < -0.4 is 5.32 Å². The third-order valence-corrected chi connectivity index (χ3v) is 6.19. The lowest BCUT2D eigenvalue weighted by molar-refractivity contribution is 0.141. The lowest BCUT2D eigenvalue weighted by atomic mass is 9.94. The molecule has 0 saturated heterocycles. The Morgan fingerprint density at radius 2 is 1.70 bits per heavy atom. The third-order valence-electron chi connectivity index (χ3n) is 5.85. The Kier molecular flexibility index (Phi) is 7.20. The van der Waals surface area contributed by atoms with Crippen LogP contribution in [0.4, 0.5) is 0 Å². The molecule has 1 N–H and O–H groups in total. The molecule has 0 saturated carbocycles. The van der Waals surface area contributed by atoms with Crippen LogP contribution in [0.25, 0.3) is 17.0 Å². The van der Waals surface area contributed by atoms with Crippen molar-refractivity contribution in [3.63, 3.8) is 0 Å². The molecule has 1 aliphatic heterocycles. The first-order valence-corrected chi connectivity index (χ1v) is 11.7. The normalized spacial score (nSPS) is 16.3. The molecule has 0 bridgehead atoms. The number of ether oxygens (including phenoxy) is 1. The Morgan fingerprint density at radius 1 is 1.03 bits per heavy atom. The Labute approximate surface area is 200 Å². The quantitative estimate of drug-likeness (QED) is 0.353. The van der Waals surface area contributed by atoms with Crippen molar-refractivity contribution < 1.29 is 9.26 Å². The predicted molar refractivity (Wildman–Crippen MR) is 135 cm³/mol. The Hall–Kier alpha value is -3.03. The number of aromatic nitrogens is 2. The average Bonchev–Trinajstić information content (AvgIpc) is 3.29. The van der Waals surface area contributed by atoms with Crippen LogP contribution in [0.1, 0.15) is 48.9 Å². The molecule has 0 radical (unpaired) electrons. The van der Waals surface area contributed by atoms with E-state index in [-0.39, 0.29) is 6.04 Å². The molecule has 172 valence electrons. The van der Waals surface area contributed by atoms with Crippen molar-refractivity contribution >= 4 is 22.9 Å². The maximum atomic E-state index is 5.81. The van der Waals surface area contributed by atoms with Gasteiger partial charge in [0.1, 0.15) is 0 Å². The molecule has 6 nitrogen and oxygen atoms in total. The fourth-order valence-corrected chi connectivity index (χ4v) is 4.30. The van der Waals surface area contributed by atoms with Gasteiger partial charge in [0.15, 0.2) is 5.11 Å². The number of benzene rings is 2. The molecule has 0 spiro atoms. The minimum Gasteiger partial charge on any atom is -0.382 e. The summed E-state index contributed by atoms with van der Waals surface area (Å²) in [5.41, 5.74) is 6.37. The van der Waals surface area contributed by atoms with Gasteiger partial charge in [-0.2, -0.15) is 4.98 Å². The van der Waals surface area contributed by atoms with Gasteiger partial charge in [-0.3, -0.25) is 0 Å². The summed E-state index contributed by atoms with van der Waals surface area (Å²) >= 11 is 5.76. The van der Waals surface area contributed by atoms with Crippen LogP contribution in [0.3, 0.4) is 0 Å². The molecular formula is C26H30N4O2S. The lowest BCUT2D eigenvalue weighted by Crippen LogP contribution is -2.46. The molecule has 0 fully saturated rings. The van der Waals surface area contributed by atoms with Gasteiger partial charge in [-0.1, -0.05) is 64.8 Å². The van der Waals surface area contributed by atoms with Crippen molar-refractivity contribution in [2.24, 2.45) is 0 Å². The minimum absolute atomic E-state index is 0.174. The number of nitrogens with zero attached hydrogens (tertiary/aromatic N) is 3. The second kappa shape index (κ2) is 10.3. The highest BCUT2D eigenvalue weighted by atomic mass is 32.1. The summed E-state index contributed by atoms with van der Waals surface area (Å²) in [5, 5.41) is 8.48. The van der Waals surface area contributed by atoms with Gasteiger partial charge in [-0.15, -0.1) is 0 Å². The topological polar surface area (TPSA) is 63.4 Å². The summed E-state index contributed by atoms with van der Waals surface area (Å²) in [5.74, 6) is 1.07. The van der Waals surface area contributed by atoms with Crippen molar-refractivity contribution in [3.05, 3.63) is 76.8 Å². The summed E-state index contributed by atoms with van der Waals surface area (Å²) in [6.45, 7) is 10.4. The van der Waals surface area contributed by atoms with Crippen molar-refractivity contribution in [1.29, 1.82) is 0 Å². The fourth-order valence-electron chi connectivity index (χ4n) is 3.96. The van der Waals surface area contributed by atoms with Gasteiger partial charge in [-0.25, -0.2) is 0 Å². The maximum Gasteiger partial charge on any atom is 0.258 e. The Bertz CT molecular complexity index is 1140. The molecule has 2 aromatic carbocycles. The number of thiocarbonyl (C=S) groups is 1. The molecule has 0 amide bonds. The van der Waals surface area contributed by atoms with Crippen LogP contribution in [0.2, 0.25) is 0 Å². The van der Waals surface area contributed by atoms with Crippen molar-refractivity contribution in [3.8, 4) is 11.4 Å². The number of hydrogen-bond donors (Lipinski definition) is 1. The number of rotatable bonds is 8. The highest BCUT2D eigenvalue weighted by molar-refractivity contribution is 7.80. The minimum atomic E-state index is -0.174. The summed E-state index contributed by atoms with van der Waals surface area (Å²) in [6.07, 6.45) is 0.869. The maximum absolute atomic E-state index is 5.81. The lowest BCUT2D eigenvalue weighted by Gasteiger charge is -2.37. The molecule has 7 heteroatoms. The van der Waals surface area contributed by atoms with Gasteiger partial charge in [0.2, 0.25) is 5.82 Å². The second-order valence-corrected chi connectivity index (χ2v) is 8.67. The smallest absolute Gasteiger partial charge is 0.258 e. The third kappa shape index (κ3) is 5.15. The summed E-state index contributed by atoms with van der Waals surface area (Å²) in [6, 6.07) is 16.4. The fraction of sp³-hybridized carbons (Fsp3) is 0.346. The van der Waals surface area contributed by atoms with Crippen molar-refractivity contribution in [2.75, 3.05) is 19.8 Å². The summed E-state index contributed by atoms with van der Waals surface area (Å²) in [7, 11) is 0. The Morgan fingerprint density at radius 3 is 2.36 bits per heavy atom. The van der Waals surface area contributed by atoms with Crippen LogP contribution in [0.15, 0.2) is 58.8 Å². The van der Waals surface area contributed by atoms with E-state index in [1.54, 1.807) is 0 Å². The van der Waals surface area contributed by atoms with Crippen molar-refractivity contribution in [2.45, 2.75) is 40.2 Å². The van der Waals surface area contributed by atoms with E-state index in [4.69, 9.17) is 26.5 Å². The van der Waals surface area contributed by atoms with Gasteiger partial charge < -0.3 is 19.5 Å². The van der Waals surface area contributed by atoms with Gasteiger partial charge >= 0.3 is 0 Å². The molecule has 2 heterocycles. The first-order chi connectivity index (χ1) is 16.0. The van der Waals surface area contributed by atoms with E-state index in [2.05, 4.69) is 60.4 Å². The molecule has 33 heavy (non-hydrogen) atoms. The van der Waals surface area contributed by atoms with Gasteiger partial charge in [-0.05, 0) is 51.9 Å². The van der Waals surface area contributed by atoms with E-state index in [0.29, 0.717) is 30.0 Å². The van der Waals surface area contributed by atoms with E-state index in [1.165, 1.54) is 11.1 Å². The molecule has 1 aliphatic rings. The molecule has 0 aliphatic carbocycles. The Balaban J connectivity index is 1.73. The monoisotopic (exact) mass is 462 g/mol. The standard InChI is InChI=1S/C26H30N4O2S/c1-5-31-16-6-15-30-19(4)22(23(27-26(30)33)20-11-7-17(2)8-12-20)25-28-24(29-32-25)21-13-9-18(3)10-14-21/h7-14,23H,5-6,15-16H2,1-4H3,(H,27,33). The number of nitrogens with one attached hydrogen (secondary N) is 1. The number of aryl methyl sites for hydroxylation is 2. The van der Waals surface area contributed by atoms with E-state index in [9.17, 15) is 0 Å². The van der Waals surface area contributed by atoms with Gasteiger partial charge in [0.25, 0.3) is 5.89 Å². The molecular weight excluding hydrogens is 432 g/mol. The highest BCUT2D eigenvalue weighted by Gasteiger charge is 2.33. The van der Waals surface area contributed by atoms with Crippen LogP contribution in [0.5, 0.6) is 0 Å². The second-order valence-electron chi connectivity index (χ2n) is 8.28. The summed E-state index contributed by atoms with van der Waals surface area (Å²) in [4.78, 5) is 6.88. The van der Waals surface area contributed by atoms with Crippen LogP contribution in [-0.4, -0.2) is 39.9 Å². The largest absolute Gasteiger partial charge is 0.382 e. The first kappa shape index (κ1) is 23.1. The predicted octanol–water partition coefficient (Wildman–Crippen LogP) is 5.44. The number of hydrogen-bond acceptors (Lipinski definition) is 5. The van der Waals surface area contributed by atoms with E-state index in [0.717, 1.165) is 35.4 Å². The van der Waals surface area contributed by atoms with Gasteiger partial charge in [0.05, 0.1) is 11.6 Å². The van der Waals surface area contributed by atoms with Crippen molar-refractivity contribution in [1.82, 2.24) is 20.4 Å². The molecule has 3 aromatic rings. The SMILES string of the molecule is CCOCCCN1C(=S)NC(c2ccc(C)cc2)C(c2nc(-c3ccc(C)cc3)no2)=C1C. The zero-order valence-corrected chi connectivity index (χ0v) is 20.4. The van der Waals surface area contributed by atoms with E-state index >= 15 is 0 Å². The molecule has 1 aromatic heterocycles. The average molecular weight is 463 g/mol. The molecule has 1 atom stereocenters.